The number of hydrogen-bond acceptors (Lipinski definition) is 8. The van der Waals surface area contributed by atoms with Gasteiger partial charge in [-0.05, 0) is 61.6 Å². The Hall–Kier alpha value is -3.44. The summed E-state index contributed by atoms with van der Waals surface area (Å²) in [7, 11) is 0. The van der Waals surface area contributed by atoms with E-state index < -0.39 is 12.3 Å². The van der Waals surface area contributed by atoms with Crippen LogP contribution in [-0.2, 0) is 27.4 Å². The first-order chi connectivity index (χ1) is 20.4. The molecule has 4 aliphatic heterocycles. The number of aliphatic hydroxyl groups is 1. The molecule has 0 spiro atoms. The molecule has 1 unspecified atom stereocenters. The molecule has 0 radical (unpaired) electrons. The first-order valence-electron chi connectivity index (χ1n) is 14.9. The predicted molar refractivity (Wildman–Crippen MR) is 152 cm³/mol. The summed E-state index contributed by atoms with van der Waals surface area (Å²) < 4.78 is 27.3. The first kappa shape index (κ1) is 27.4. The summed E-state index contributed by atoms with van der Waals surface area (Å²) in [5, 5.41) is 13.8. The highest BCUT2D eigenvalue weighted by molar-refractivity contribution is 6.00. The summed E-state index contributed by atoms with van der Waals surface area (Å²) in [6.45, 7) is 3.88. The van der Waals surface area contributed by atoms with Crippen LogP contribution >= 0.6 is 0 Å². The molecule has 1 aromatic heterocycles. The van der Waals surface area contributed by atoms with Crippen molar-refractivity contribution in [2.24, 2.45) is 0 Å². The minimum Gasteiger partial charge on any atom is -0.489 e. The van der Waals surface area contributed by atoms with Gasteiger partial charge in [-0.3, -0.25) is 29.7 Å². The van der Waals surface area contributed by atoms with Crippen LogP contribution < -0.4 is 10.1 Å². The number of piperidine rings is 1. The Kier molecular flexibility index (Phi) is 7.39. The molecule has 3 fully saturated rings. The molecular weight excluding hydrogens is 539 g/mol. The van der Waals surface area contributed by atoms with Crippen LogP contribution in [0.15, 0.2) is 42.5 Å². The topological polar surface area (TPSA) is 104 Å². The highest BCUT2D eigenvalue weighted by Gasteiger charge is 2.40. The van der Waals surface area contributed by atoms with E-state index >= 15 is 4.39 Å². The third-order valence-electron chi connectivity index (χ3n) is 9.14. The van der Waals surface area contributed by atoms with Crippen LogP contribution in [0.5, 0.6) is 5.75 Å². The number of aromatic nitrogens is 1. The number of carbonyl (C=O) groups excluding carboxylic acids is 2. The van der Waals surface area contributed by atoms with Crippen molar-refractivity contribution in [3.63, 3.8) is 0 Å². The third-order valence-corrected chi connectivity index (χ3v) is 9.14. The molecule has 2 amide bonds. The molecule has 2 aromatic carbocycles. The van der Waals surface area contributed by atoms with E-state index in [1.54, 1.807) is 4.90 Å². The lowest BCUT2D eigenvalue weighted by molar-refractivity contribution is -0.141. The third kappa shape index (κ3) is 5.28. The lowest BCUT2D eigenvalue weighted by Gasteiger charge is -2.31. The molecule has 42 heavy (non-hydrogen) atoms. The van der Waals surface area contributed by atoms with Crippen LogP contribution in [0.25, 0.3) is 10.9 Å². The standard InChI is InChI=1S/C32H35FN4O5/c33-30-20(1-5-27-25(30)4-6-26(34-27)19-10-13-41-14-11-19)16-36-12-9-23(18-36)42-22-2-3-24-21(15-22)17-37(32(24)40)28-7-8-29(38)35-31(28)39/h1-6,15,19,23,28,32,40H,7-14,16-18H2,(H,35,38,39)/t23-,28-,32?/m0/s1. The Morgan fingerprint density at radius 1 is 1.07 bits per heavy atom. The number of imide groups is 1. The molecule has 3 saturated heterocycles. The van der Waals surface area contributed by atoms with Gasteiger partial charge in [-0.15, -0.1) is 0 Å². The number of hydrogen-bond donors (Lipinski definition) is 2. The maximum Gasteiger partial charge on any atom is 0.244 e. The van der Waals surface area contributed by atoms with Gasteiger partial charge in [0.05, 0.1) is 11.6 Å². The van der Waals surface area contributed by atoms with Crippen molar-refractivity contribution in [1.29, 1.82) is 0 Å². The fourth-order valence-corrected chi connectivity index (χ4v) is 6.83. The molecule has 4 aliphatic rings. The molecule has 10 heteroatoms. The second-order valence-corrected chi connectivity index (χ2v) is 11.9. The number of carbonyl (C=O) groups is 2. The van der Waals surface area contributed by atoms with E-state index in [0.29, 0.717) is 54.2 Å². The van der Waals surface area contributed by atoms with Gasteiger partial charge < -0.3 is 14.6 Å². The quantitative estimate of drug-likeness (QED) is 0.431. The van der Waals surface area contributed by atoms with Gasteiger partial charge in [-0.25, -0.2) is 4.39 Å². The summed E-state index contributed by atoms with van der Waals surface area (Å²) in [6, 6.07) is 12.7. The van der Waals surface area contributed by atoms with Crippen molar-refractivity contribution < 1.29 is 28.6 Å². The van der Waals surface area contributed by atoms with Gasteiger partial charge in [0.25, 0.3) is 0 Å². The fourth-order valence-electron chi connectivity index (χ4n) is 6.83. The van der Waals surface area contributed by atoms with E-state index in [1.807, 2.05) is 42.5 Å². The van der Waals surface area contributed by atoms with Crippen molar-refractivity contribution in [3.05, 3.63) is 70.7 Å². The normalized spacial score (nSPS) is 25.6. The molecular formula is C32H35FN4O5. The van der Waals surface area contributed by atoms with Crippen molar-refractivity contribution in [2.75, 3.05) is 26.3 Å². The highest BCUT2D eigenvalue weighted by atomic mass is 19.1. The predicted octanol–water partition coefficient (Wildman–Crippen LogP) is 3.53. The second-order valence-electron chi connectivity index (χ2n) is 11.9. The van der Waals surface area contributed by atoms with Gasteiger partial charge in [0, 0.05) is 73.9 Å². The number of likely N-dealkylation sites (tertiary alicyclic amines) is 1. The highest BCUT2D eigenvalue weighted by Crippen LogP contribution is 2.37. The largest absolute Gasteiger partial charge is 0.489 e. The number of halogens is 1. The lowest BCUT2D eigenvalue weighted by Crippen LogP contribution is -2.51. The van der Waals surface area contributed by atoms with E-state index in [0.717, 1.165) is 55.8 Å². The molecule has 7 rings (SSSR count). The van der Waals surface area contributed by atoms with Gasteiger partial charge in [0.1, 0.15) is 23.9 Å². The Morgan fingerprint density at radius 3 is 2.76 bits per heavy atom. The van der Waals surface area contributed by atoms with E-state index in [2.05, 4.69) is 10.2 Å². The minimum absolute atomic E-state index is 0.0344. The van der Waals surface area contributed by atoms with Gasteiger partial charge in [0.2, 0.25) is 11.8 Å². The zero-order valence-corrected chi connectivity index (χ0v) is 23.4. The van der Waals surface area contributed by atoms with Gasteiger partial charge in [0.15, 0.2) is 0 Å². The Balaban J connectivity index is 0.977. The van der Waals surface area contributed by atoms with Crippen molar-refractivity contribution >= 4 is 22.7 Å². The molecule has 5 heterocycles. The average Bonchev–Trinajstić information content (AvgIpc) is 3.58. The summed E-state index contributed by atoms with van der Waals surface area (Å²) >= 11 is 0. The van der Waals surface area contributed by atoms with E-state index in [9.17, 15) is 14.7 Å². The van der Waals surface area contributed by atoms with Gasteiger partial charge in [-0.2, -0.15) is 0 Å². The van der Waals surface area contributed by atoms with Crippen LogP contribution in [-0.4, -0.2) is 70.2 Å². The first-order valence-corrected chi connectivity index (χ1v) is 14.9. The molecule has 9 nitrogen and oxygen atoms in total. The van der Waals surface area contributed by atoms with E-state index in [-0.39, 0.29) is 30.2 Å². The number of fused-ring (bicyclic) bond motifs is 2. The summed E-state index contributed by atoms with van der Waals surface area (Å²) in [5.41, 5.74) is 4.03. The maximum absolute atomic E-state index is 15.5. The SMILES string of the molecule is O=C1CC[C@H](N2Cc3cc(O[C@H]4CCN(Cc5ccc6nc(C7CCOCC7)ccc6c5F)C4)ccc3C2O)C(=O)N1. The molecule has 3 atom stereocenters. The molecule has 0 aliphatic carbocycles. The fraction of sp³-hybridized carbons (Fsp3) is 0.469. The number of aliphatic hydroxyl groups excluding tert-OH is 1. The van der Waals surface area contributed by atoms with E-state index in [1.165, 1.54) is 0 Å². The molecule has 0 bridgehead atoms. The van der Waals surface area contributed by atoms with Crippen molar-refractivity contribution in [2.45, 2.75) is 69.5 Å². The van der Waals surface area contributed by atoms with Crippen LogP contribution in [0.4, 0.5) is 4.39 Å². The zero-order valence-electron chi connectivity index (χ0n) is 23.4. The number of benzene rings is 2. The number of ether oxygens (including phenoxy) is 2. The monoisotopic (exact) mass is 574 g/mol. The number of nitrogens with zero attached hydrogens (tertiary/aromatic N) is 3. The number of rotatable bonds is 6. The van der Waals surface area contributed by atoms with Crippen LogP contribution in [0.3, 0.4) is 0 Å². The van der Waals surface area contributed by atoms with Crippen molar-refractivity contribution in [1.82, 2.24) is 20.1 Å². The Bertz CT molecular complexity index is 1530. The molecule has 0 saturated carbocycles. The Labute approximate surface area is 243 Å². The summed E-state index contributed by atoms with van der Waals surface area (Å²) in [5.74, 6) is 0.234. The van der Waals surface area contributed by atoms with Crippen LogP contribution in [0.1, 0.15) is 66.6 Å². The number of pyridine rings is 1. The van der Waals surface area contributed by atoms with Gasteiger partial charge in [-0.1, -0.05) is 12.1 Å². The molecule has 220 valence electrons. The Morgan fingerprint density at radius 2 is 1.93 bits per heavy atom. The molecule has 3 aromatic rings. The summed E-state index contributed by atoms with van der Waals surface area (Å²) in [4.78, 5) is 32.6. The zero-order chi connectivity index (χ0) is 28.8. The number of amides is 2. The maximum atomic E-state index is 15.5. The lowest BCUT2D eigenvalue weighted by atomic mass is 9.95. The molecule has 2 N–H and O–H groups in total. The van der Waals surface area contributed by atoms with Crippen molar-refractivity contribution in [3.8, 4) is 5.75 Å². The second kappa shape index (κ2) is 11.3. The summed E-state index contributed by atoms with van der Waals surface area (Å²) in [6.07, 6.45) is 2.45. The van der Waals surface area contributed by atoms with Gasteiger partial charge >= 0.3 is 0 Å². The smallest absolute Gasteiger partial charge is 0.244 e. The minimum atomic E-state index is -0.902. The van der Waals surface area contributed by atoms with E-state index in [4.69, 9.17) is 14.5 Å². The van der Waals surface area contributed by atoms with Crippen LogP contribution in [0.2, 0.25) is 0 Å². The number of nitrogens with one attached hydrogen (secondary N) is 1. The average molecular weight is 575 g/mol. The van der Waals surface area contributed by atoms with Crippen LogP contribution in [0, 0.1) is 5.82 Å².